The van der Waals surface area contributed by atoms with Gasteiger partial charge in [-0.2, -0.15) is 48.0 Å². The molecule has 0 saturated heterocycles. The average Bonchev–Trinajstić information content (AvgIpc) is 3.42. The Kier molecular flexibility index (Phi) is 17.8. The largest absolute Gasteiger partial charge is 1.00 e. The van der Waals surface area contributed by atoms with Crippen molar-refractivity contribution in [3.63, 3.8) is 0 Å². The number of rotatable bonds is 6. The fourth-order valence-corrected chi connectivity index (χ4v) is 7.64. The van der Waals surface area contributed by atoms with E-state index in [0.717, 1.165) is 6.42 Å². The van der Waals surface area contributed by atoms with Gasteiger partial charge in [-0.05, 0) is 6.42 Å². The molecular formula is C26H32Cl2SiZr-2. The van der Waals surface area contributed by atoms with Gasteiger partial charge in [0.1, 0.15) is 0 Å². The van der Waals surface area contributed by atoms with Gasteiger partial charge in [0.05, 0.1) is 0 Å². The van der Waals surface area contributed by atoms with Crippen LogP contribution >= 0.6 is 0 Å². The molecule has 0 nitrogen and oxygen atoms in total. The van der Waals surface area contributed by atoms with E-state index in [2.05, 4.69) is 56.3 Å². The van der Waals surface area contributed by atoms with Crippen molar-refractivity contribution in [1.29, 1.82) is 0 Å². The van der Waals surface area contributed by atoms with Crippen LogP contribution < -0.4 is 24.8 Å². The summed E-state index contributed by atoms with van der Waals surface area (Å²) in [5.74, 6) is 0. The van der Waals surface area contributed by atoms with Gasteiger partial charge in [0, 0.05) is 0 Å². The first kappa shape index (κ1) is 29.5. The third kappa shape index (κ3) is 10.7. The Balaban J connectivity index is 0.000000444. The minimum Gasteiger partial charge on any atom is -1.00 e. The van der Waals surface area contributed by atoms with Crippen molar-refractivity contribution in [2.24, 2.45) is 0 Å². The van der Waals surface area contributed by atoms with Gasteiger partial charge in [0.2, 0.25) is 0 Å². The van der Waals surface area contributed by atoms with Crippen LogP contribution in [0.5, 0.6) is 0 Å². The molecule has 0 atom stereocenters. The van der Waals surface area contributed by atoms with Gasteiger partial charge >= 0.3 is 80.4 Å². The molecule has 0 saturated carbocycles. The van der Waals surface area contributed by atoms with Gasteiger partial charge in [-0.25, -0.2) is 12.1 Å². The number of benzene rings is 2. The molecule has 0 fully saturated rings. The van der Waals surface area contributed by atoms with Crippen molar-refractivity contribution in [3.8, 4) is 11.1 Å². The molecule has 30 heavy (non-hydrogen) atoms. The fourth-order valence-electron chi connectivity index (χ4n) is 3.22. The predicted molar refractivity (Wildman–Crippen MR) is 121 cm³/mol. The van der Waals surface area contributed by atoms with Crippen molar-refractivity contribution in [3.05, 3.63) is 90.0 Å². The minimum absolute atomic E-state index is 0. The van der Waals surface area contributed by atoms with Gasteiger partial charge < -0.3 is 24.8 Å². The molecule has 160 valence electrons. The molecule has 0 spiro atoms. The summed E-state index contributed by atoms with van der Waals surface area (Å²) in [5, 5.41) is 0. The zero-order valence-corrected chi connectivity index (χ0v) is 23.1. The van der Waals surface area contributed by atoms with E-state index in [1.807, 2.05) is 59.7 Å². The second kappa shape index (κ2) is 18.1. The molecule has 3 aromatic rings. The first-order valence-electron chi connectivity index (χ1n) is 10.6. The Morgan fingerprint density at radius 3 is 2.03 bits per heavy atom. The Morgan fingerprint density at radius 1 is 0.867 bits per heavy atom. The summed E-state index contributed by atoms with van der Waals surface area (Å²) >= 11 is 1.86. The summed E-state index contributed by atoms with van der Waals surface area (Å²) in [7, 11) is 0. The van der Waals surface area contributed by atoms with Crippen molar-refractivity contribution < 1.29 is 48.1 Å². The van der Waals surface area contributed by atoms with Crippen molar-refractivity contribution >= 4 is 5.43 Å². The van der Waals surface area contributed by atoms with Crippen molar-refractivity contribution in [2.45, 2.75) is 58.0 Å². The third-order valence-corrected chi connectivity index (χ3v) is 10.4. The summed E-state index contributed by atoms with van der Waals surface area (Å²) in [6.45, 7) is 4.59. The molecule has 0 amide bonds. The van der Waals surface area contributed by atoms with Crippen LogP contribution in [0.25, 0.3) is 11.1 Å². The van der Waals surface area contributed by atoms with E-state index in [0.29, 0.717) is 0 Å². The van der Waals surface area contributed by atoms with Crippen molar-refractivity contribution in [2.75, 3.05) is 0 Å². The molecular weight excluding hydrogens is 503 g/mol. The molecule has 1 aliphatic rings. The molecule has 0 bridgehead atoms. The van der Waals surface area contributed by atoms with E-state index in [4.69, 9.17) is 0 Å². The molecule has 3 aromatic carbocycles. The Labute approximate surface area is 211 Å². The van der Waals surface area contributed by atoms with Gasteiger partial charge in [0.25, 0.3) is 0 Å². The third-order valence-electron chi connectivity index (χ3n) is 4.84. The molecule has 0 aromatic heterocycles. The summed E-state index contributed by atoms with van der Waals surface area (Å²) in [6, 6.07) is 31.3. The first-order valence-corrected chi connectivity index (χ1v) is 16.2. The number of halogens is 2. The van der Waals surface area contributed by atoms with Crippen LogP contribution in [-0.2, 0) is 29.8 Å². The SMILES string of the molecule is CCCC[Si](=[Zr+2])CCCC.[Cl-].[Cl-].[c-]1cccc2c1Cc1ccccc1-2.c1cc[cH-]c1. The normalized spacial score (nSPS) is 10.0. The van der Waals surface area contributed by atoms with Crippen LogP contribution in [-0.4, -0.2) is 5.43 Å². The number of unbranched alkanes of at least 4 members (excludes halogenated alkanes) is 2. The summed E-state index contributed by atoms with van der Waals surface area (Å²) in [6.07, 6.45) is 6.82. The second-order valence-corrected chi connectivity index (χ2v) is 14.6. The zero-order valence-electron chi connectivity index (χ0n) is 18.1. The zero-order chi connectivity index (χ0) is 20.0. The molecule has 0 heterocycles. The average molecular weight is 535 g/mol. The monoisotopic (exact) mass is 532 g/mol. The van der Waals surface area contributed by atoms with E-state index in [1.165, 1.54) is 47.9 Å². The van der Waals surface area contributed by atoms with Crippen LogP contribution in [0.2, 0.25) is 12.1 Å². The minimum atomic E-state index is 0. The Bertz CT molecular complexity index is 745. The van der Waals surface area contributed by atoms with Crippen molar-refractivity contribution in [1.82, 2.24) is 0 Å². The Hall–Kier alpha value is -0.530. The van der Waals surface area contributed by atoms with Crippen LogP contribution in [0, 0.1) is 6.07 Å². The topological polar surface area (TPSA) is 0 Å². The van der Waals surface area contributed by atoms with Gasteiger partial charge in [-0.1, -0.05) is 35.4 Å². The van der Waals surface area contributed by atoms with Gasteiger partial charge in [-0.3, -0.25) is 0 Å². The van der Waals surface area contributed by atoms with Gasteiger partial charge in [-0.15, -0.1) is 5.56 Å². The number of hydrogen-bond acceptors (Lipinski definition) is 0. The molecule has 4 rings (SSSR count). The van der Waals surface area contributed by atoms with E-state index in [1.54, 1.807) is 12.1 Å². The second-order valence-electron chi connectivity index (χ2n) is 7.17. The number of hydrogen-bond donors (Lipinski definition) is 0. The molecule has 0 N–H and O–H groups in total. The fraction of sp³-hybridized carbons (Fsp3) is 0.346. The number of fused-ring (bicyclic) bond motifs is 3. The van der Waals surface area contributed by atoms with Crippen LogP contribution in [0.15, 0.2) is 72.8 Å². The maximum Gasteiger partial charge on any atom is -0.0253 e. The maximum absolute atomic E-state index is 3.30. The molecule has 0 radical (unpaired) electrons. The van der Waals surface area contributed by atoms with E-state index in [-0.39, 0.29) is 30.2 Å². The first-order chi connectivity index (χ1) is 13.8. The van der Waals surface area contributed by atoms with Crippen LogP contribution in [0.4, 0.5) is 0 Å². The van der Waals surface area contributed by atoms with Gasteiger partial charge in [0.15, 0.2) is 0 Å². The summed E-state index contributed by atoms with van der Waals surface area (Å²) < 4.78 is 0. The van der Waals surface area contributed by atoms with E-state index < -0.39 is 0 Å². The molecule has 0 aliphatic heterocycles. The summed E-state index contributed by atoms with van der Waals surface area (Å²) in [5.41, 5.74) is 5.69. The van der Waals surface area contributed by atoms with E-state index in [9.17, 15) is 0 Å². The molecule has 4 heteroatoms. The molecule has 0 unspecified atom stereocenters. The van der Waals surface area contributed by atoms with E-state index >= 15 is 0 Å². The van der Waals surface area contributed by atoms with Crippen LogP contribution in [0.3, 0.4) is 0 Å². The smallest absolute Gasteiger partial charge is 0.0253 e. The molecule has 1 aliphatic carbocycles. The Morgan fingerprint density at radius 2 is 1.47 bits per heavy atom. The standard InChI is InChI=1S/C13H9.C8H18Si.C5H5.2ClH.Zr/c1-3-7-12-10(5-1)9-11-6-2-4-8-13(11)12;1-3-5-7-9-8-6-4-2;1-2-4-5-3-1;;;/h1-5,7-8H,9H2;3-8H2,1-2H3;1-5H;2*1H;/q-1;;-1;;;+2/p-2. The van der Waals surface area contributed by atoms with Crippen LogP contribution in [0.1, 0.15) is 50.7 Å². The summed E-state index contributed by atoms with van der Waals surface area (Å²) in [4.78, 5) is 0. The quantitative estimate of drug-likeness (QED) is 0.261. The maximum atomic E-state index is 3.30. The predicted octanol–water partition coefficient (Wildman–Crippen LogP) is 1.60.